The second-order valence-corrected chi connectivity index (χ2v) is 5.81. The van der Waals surface area contributed by atoms with Crippen LogP contribution in [-0.4, -0.2) is 25.0 Å². The van der Waals surface area contributed by atoms with Gasteiger partial charge in [0.1, 0.15) is 0 Å². The lowest BCUT2D eigenvalue weighted by Crippen LogP contribution is -2.33. The predicted molar refractivity (Wildman–Crippen MR) is 74.3 cm³/mol. The van der Waals surface area contributed by atoms with E-state index in [-0.39, 0.29) is 0 Å². The Balaban J connectivity index is 1.90. The lowest BCUT2D eigenvalue weighted by Gasteiger charge is -2.32. The van der Waals surface area contributed by atoms with E-state index in [1.165, 1.54) is 43.5 Å². The highest BCUT2D eigenvalue weighted by Gasteiger charge is 2.22. The zero-order valence-electron chi connectivity index (χ0n) is 11.4. The number of hydrogen-bond donors (Lipinski definition) is 0. The van der Waals surface area contributed by atoms with Crippen LogP contribution in [-0.2, 0) is 6.42 Å². The molecule has 2 rings (SSSR count). The third-order valence-corrected chi connectivity index (χ3v) is 4.21. The molecule has 1 aromatic rings. The average Bonchev–Trinajstić information content (AvgIpc) is 2.29. The number of rotatable bonds is 3. The monoisotopic (exact) mass is 231 g/mol. The summed E-state index contributed by atoms with van der Waals surface area (Å²) in [4.78, 5) is 2.45. The first-order valence-corrected chi connectivity index (χ1v) is 6.89. The van der Waals surface area contributed by atoms with Gasteiger partial charge in [-0.25, -0.2) is 0 Å². The highest BCUT2D eigenvalue weighted by molar-refractivity contribution is 5.22. The maximum absolute atomic E-state index is 2.45. The summed E-state index contributed by atoms with van der Waals surface area (Å²) >= 11 is 0. The summed E-state index contributed by atoms with van der Waals surface area (Å²) in [6, 6.07) is 8.99. The van der Waals surface area contributed by atoms with Crippen molar-refractivity contribution >= 4 is 0 Å². The van der Waals surface area contributed by atoms with Crippen molar-refractivity contribution < 1.29 is 0 Å². The molecule has 0 radical (unpaired) electrons. The topological polar surface area (TPSA) is 3.24 Å². The molecule has 0 aromatic heterocycles. The molecule has 17 heavy (non-hydrogen) atoms. The summed E-state index contributed by atoms with van der Waals surface area (Å²) in [7, 11) is 2.24. The smallest absolute Gasteiger partial charge is 0.00190 e. The van der Waals surface area contributed by atoms with Crippen LogP contribution >= 0.6 is 0 Å². The summed E-state index contributed by atoms with van der Waals surface area (Å²) in [6.45, 7) is 7.17. The van der Waals surface area contributed by atoms with E-state index in [0.717, 1.165) is 11.8 Å². The molecule has 0 N–H and O–H groups in total. The molecule has 0 amide bonds. The number of hydrogen-bond acceptors (Lipinski definition) is 1. The molecule has 0 aliphatic carbocycles. The van der Waals surface area contributed by atoms with Gasteiger partial charge < -0.3 is 4.90 Å². The summed E-state index contributed by atoms with van der Waals surface area (Å²) < 4.78 is 0. The molecular weight excluding hydrogens is 206 g/mol. The Morgan fingerprint density at radius 1 is 1.29 bits per heavy atom. The molecule has 0 saturated carbocycles. The Bertz CT molecular complexity index is 350. The van der Waals surface area contributed by atoms with Crippen LogP contribution in [0.25, 0.3) is 0 Å². The summed E-state index contributed by atoms with van der Waals surface area (Å²) in [5.74, 6) is 1.75. The minimum Gasteiger partial charge on any atom is -0.306 e. The lowest BCUT2D eigenvalue weighted by molar-refractivity contribution is 0.177. The molecule has 1 saturated heterocycles. The molecule has 1 fully saturated rings. The van der Waals surface area contributed by atoms with E-state index >= 15 is 0 Å². The zero-order chi connectivity index (χ0) is 12.3. The van der Waals surface area contributed by atoms with Crippen molar-refractivity contribution in [3.63, 3.8) is 0 Å². The van der Waals surface area contributed by atoms with Gasteiger partial charge in [0.25, 0.3) is 0 Å². The van der Waals surface area contributed by atoms with Crippen molar-refractivity contribution in [3.05, 3.63) is 35.4 Å². The Hall–Kier alpha value is -0.820. The van der Waals surface area contributed by atoms with E-state index in [0.29, 0.717) is 0 Å². The fourth-order valence-electron chi connectivity index (χ4n) is 2.98. The number of nitrogens with zero attached hydrogens (tertiary/aromatic N) is 1. The molecule has 1 nitrogen and oxygen atoms in total. The van der Waals surface area contributed by atoms with Gasteiger partial charge in [-0.3, -0.25) is 0 Å². The lowest BCUT2D eigenvalue weighted by atomic mass is 9.82. The molecule has 1 heteroatoms. The number of benzene rings is 1. The summed E-state index contributed by atoms with van der Waals surface area (Å²) in [5, 5.41) is 0. The van der Waals surface area contributed by atoms with Crippen molar-refractivity contribution in [2.75, 3.05) is 20.1 Å². The standard InChI is InChI=1S/C16H25N/c1-13-5-4-6-15(11-13)12-14(2)16-7-9-17(3)10-8-16/h4-6,11,14,16H,7-10,12H2,1-3H3. The van der Waals surface area contributed by atoms with E-state index in [4.69, 9.17) is 0 Å². The van der Waals surface area contributed by atoms with Crippen LogP contribution in [0.5, 0.6) is 0 Å². The Labute approximate surface area is 106 Å². The Kier molecular flexibility index (Phi) is 4.22. The molecule has 1 unspecified atom stereocenters. The van der Waals surface area contributed by atoms with Crippen molar-refractivity contribution in [2.45, 2.75) is 33.1 Å². The van der Waals surface area contributed by atoms with Crippen LogP contribution in [0.1, 0.15) is 30.9 Å². The Morgan fingerprint density at radius 2 is 2.00 bits per heavy atom. The molecule has 1 atom stereocenters. The highest BCUT2D eigenvalue weighted by Crippen LogP contribution is 2.27. The zero-order valence-corrected chi connectivity index (χ0v) is 11.4. The predicted octanol–water partition coefficient (Wildman–Crippen LogP) is 3.52. The summed E-state index contributed by atoms with van der Waals surface area (Å²) in [5.41, 5.74) is 2.90. The fraction of sp³-hybridized carbons (Fsp3) is 0.625. The molecule has 1 aliphatic rings. The van der Waals surface area contributed by atoms with Crippen LogP contribution in [0.15, 0.2) is 24.3 Å². The third kappa shape index (κ3) is 3.57. The molecule has 1 aliphatic heterocycles. The number of piperidine rings is 1. The van der Waals surface area contributed by atoms with Crippen molar-refractivity contribution in [1.82, 2.24) is 4.90 Å². The van der Waals surface area contributed by atoms with E-state index < -0.39 is 0 Å². The third-order valence-electron chi connectivity index (χ3n) is 4.21. The van der Waals surface area contributed by atoms with Gasteiger partial charge >= 0.3 is 0 Å². The van der Waals surface area contributed by atoms with Gasteiger partial charge in [-0.05, 0) is 63.7 Å². The molecule has 94 valence electrons. The molecule has 1 aromatic carbocycles. The summed E-state index contributed by atoms with van der Waals surface area (Å²) in [6.07, 6.45) is 4.00. The van der Waals surface area contributed by atoms with Crippen molar-refractivity contribution in [1.29, 1.82) is 0 Å². The van der Waals surface area contributed by atoms with E-state index in [9.17, 15) is 0 Å². The first-order chi connectivity index (χ1) is 8.15. The van der Waals surface area contributed by atoms with Crippen LogP contribution in [0.3, 0.4) is 0 Å². The van der Waals surface area contributed by atoms with Gasteiger partial charge in [0.2, 0.25) is 0 Å². The minimum atomic E-state index is 0.825. The van der Waals surface area contributed by atoms with Crippen molar-refractivity contribution in [3.8, 4) is 0 Å². The molecular formula is C16H25N. The number of likely N-dealkylation sites (tertiary alicyclic amines) is 1. The maximum atomic E-state index is 2.45. The largest absolute Gasteiger partial charge is 0.306 e. The van der Waals surface area contributed by atoms with Gasteiger partial charge in [-0.1, -0.05) is 36.8 Å². The minimum absolute atomic E-state index is 0.825. The molecule has 1 heterocycles. The van der Waals surface area contributed by atoms with Crippen LogP contribution in [0.2, 0.25) is 0 Å². The van der Waals surface area contributed by atoms with Gasteiger partial charge in [-0.2, -0.15) is 0 Å². The second kappa shape index (κ2) is 5.68. The first-order valence-electron chi connectivity index (χ1n) is 6.89. The van der Waals surface area contributed by atoms with Crippen LogP contribution < -0.4 is 0 Å². The average molecular weight is 231 g/mol. The highest BCUT2D eigenvalue weighted by atomic mass is 15.1. The second-order valence-electron chi connectivity index (χ2n) is 5.81. The number of aryl methyl sites for hydroxylation is 1. The van der Waals surface area contributed by atoms with E-state index in [2.05, 4.69) is 50.1 Å². The van der Waals surface area contributed by atoms with Gasteiger partial charge in [-0.15, -0.1) is 0 Å². The van der Waals surface area contributed by atoms with Crippen molar-refractivity contribution in [2.24, 2.45) is 11.8 Å². The molecule has 0 spiro atoms. The van der Waals surface area contributed by atoms with E-state index in [1.807, 2.05) is 0 Å². The van der Waals surface area contributed by atoms with Gasteiger partial charge in [0, 0.05) is 0 Å². The van der Waals surface area contributed by atoms with Gasteiger partial charge in [0.15, 0.2) is 0 Å². The van der Waals surface area contributed by atoms with Gasteiger partial charge in [0.05, 0.1) is 0 Å². The quantitative estimate of drug-likeness (QED) is 0.769. The van der Waals surface area contributed by atoms with Crippen LogP contribution in [0, 0.1) is 18.8 Å². The first kappa shape index (κ1) is 12.6. The Morgan fingerprint density at radius 3 is 2.65 bits per heavy atom. The normalized spacial score (nSPS) is 20.4. The maximum Gasteiger partial charge on any atom is -0.00190 e. The molecule has 0 bridgehead atoms. The van der Waals surface area contributed by atoms with Crippen LogP contribution in [0.4, 0.5) is 0 Å². The van der Waals surface area contributed by atoms with E-state index in [1.54, 1.807) is 0 Å². The SMILES string of the molecule is Cc1cccc(CC(C)C2CCN(C)CC2)c1. The fourth-order valence-corrected chi connectivity index (χ4v) is 2.98.